The molecule has 0 unspecified atom stereocenters. The van der Waals surface area contributed by atoms with E-state index in [-0.39, 0.29) is 5.49 Å². The highest BCUT2D eigenvalue weighted by atomic mass is 79.9. The molecule has 0 aliphatic heterocycles. The molecule has 0 fully saturated rings. The molecule has 10 heavy (non-hydrogen) atoms. The third kappa shape index (κ3) is 1.38. The minimum Gasteiger partial charge on any atom is -0.427 e. The minimum atomic E-state index is -0.0804. The fraction of sp³-hybridized carbons (Fsp3) is 0. The van der Waals surface area contributed by atoms with Crippen molar-refractivity contribution >= 4 is 31.9 Å². The third-order valence-corrected chi connectivity index (χ3v) is 1.79. The van der Waals surface area contributed by atoms with Crippen LogP contribution < -0.4 is 5.49 Å². The third-order valence-electron chi connectivity index (χ3n) is 0.858. The van der Waals surface area contributed by atoms with Crippen LogP contribution in [-0.4, -0.2) is 14.9 Å². The van der Waals surface area contributed by atoms with Crippen LogP contribution >= 0.6 is 31.9 Å². The van der Waals surface area contributed by atoms with E-state index in [1.165, 1.54) is 6.20 Å². The van der Waals surface area contributed by atoms with E-state index in [1.807, 2.05) is 0 Å². The molecule has 1 aromatic heterocycles. The van der Waals surface area contributed by atoms with E-state index in [1.54, 1.807) is 0 Å². The van der Waals surface area contributed by atoms with E-state index < -0.39 is 0 Å². The average Bonchev–Trinajstić information content (AvgIpc) is 1.82. The van der Waals surface area contributed by atoms with Crippen LogP contribution in [0.25, 0.3) is 0 Å². The zero-order chi connectivity index (χ0) is 7.72. The Morgan fingerprint density at radius 1 is 1.60 bits per heavy atom. The zero-order valence-electron chi connectivity index (χ0n) is 4.67. The van der Waals surface area contributed by atoms with Crippen molar-refractivity contribution < 1.29 is 5.21 Å². The molecule has 0 bridgehead atoms. The zero-order valence-corrected chi connectivity index (χ0v) is 7.85. The fourth-order valence-corrected chi connectivity index (χ4v) is 1.42. The van der Waals surface area contributed by atoms with Gasteiger partial charge in [-0.2, -0.15) is 4.73 Å². The number of hydrogen-bond donors (Lipinski definition) is 2. The lowest BCUT2D eigenvalue weighted by Gasteiger charge is -1.97. The monoisotopic (exact) mass is 267 g/mol. The van der Waals surface area contributed by atoms with E-state index in [9.17, 15) is 0 Å². The molecule has 1 rings (SSSR count). The van der Waals surface area contributed by atoms with Crippen LogP contribution in [0, 0.1) is 5.41 Å². The maximum atomic E-state index is 8.91. The molecule has 54 valence electrons. The van der Waals surface area contributed by atoms with E-state index in [2.05, 4.69) is 36.8 Å². The van der Waals surface area contributed by atoms with Crippen LogP contribution in [-0.2, 0) is 0 Å². The molecule has 0 saturated heterocycles. The molecule has 0 aliphatic rings. The van der Waals surface area contributed by atoms with Gasteiger partial charge in [-0.25, -0.2) is 4.98 Å². The van der Waals surface area contributed by atoms with Crippen LogP contribution in [0.5, 0.6) is 0 Å². The van der Waals surface area contributed by atoms with Gasteiger partial charge >= 0.3 is 0 Å². The van der Waals surface area contributed by atoms with Crippen LogP contribution in [0.4, 0.5) is 0 Å². The lowest BCUT2D eigenvalue weighted by molar-refractivity contribution is 0.167. The van der Waals surface area contributed by atoms with Gasteiger partial charge in [0.15, 0.2) is 10.1 Å². The number of nitrogens with one attached hydrogen (secondary N) is 1. The second-order valence-electron chi connectivity index (χ2n) is 1.55. The topological polar surface area (TPSA) is 61.9 Å². The standard InChI is InChI=1S/C4H3Br2N3O/c5-2-1-9(10)4(7)3(6)8-2/h1,7,10H. The molecule has 0 atom stereocenters. The molecule has 0 aromatic carbocycles. The summed E-state index contributed by atoms with van der Waals surface area (Å²) in [6, 6.07) is 0. The molecule has 0 spiro atoms. The first-order valence-corrected chi connectivity index (χ1v) is 3.88. The Morgan fingerprint density at radius 3 is 2.70 bits per heavy atom. The van der Waals surface area contributed by atoms with Gasteiger partial charge in [0.05, 0.1) is 6.20 Å². The Hall–Kier alpha value is -0.360. The summed E-state index contributed by atoms with van der Waals surface area (Å²) in [6.07, 6.45) is 1.28. The lowest BCUT2D eigenvalue weighted by atomic mass is 10.7. The molecule has 2 N–H and O–H groups in total. The van der Waals surface area contributed by atoms with Crippen LogP contribution in [0.2, 0.25) is 0 Å². The van der Waals surface area contributed by atoms with Gasteiger partial charge in [-0.05, 0) is 31.9 Å². The van der Waals surface area contributed by atoms with Crippen molar-refractivity contribution in [2.24, 2.45) is 0 Å². The van der Waals surface area contributed by atoms with Gasteiger partial charge in [-0.1, -0.05) is 0 Å². The maximum absolute atomic E-state index is 8.91. The van der Waals surface area contributed by atoms with E-state index >= 15 is 0 Å². The average molecular weight is 269 g/mol. The highest BCUT2D eigenvalue weighted by molar-refractivity contribution is 9.11. The molecule has 0 aliphatic carbocycles. The first-order chi connectivity index (χ1) is 4.61. The van der Waals surface area contributed by atoms with Gasteiger partial charge in [-0.3, -0.25) is 5.41 Å². The van der Waals surface area contributed by atoms with Crippen LogP contribution in [0.1, 0.15) is 0 Å². The van der Waals surface area contributed by atoms with Crippen LogP contribution in [0.15, 0.2) is 15.4 Å². The predicted octanol–water partition coefficient (Wildman–Crippen LogP) is 1.12. The molecule has 0 amide bonds. The first kappa shape index (κ1) is 7.74. The molecular formula is C4H3Br2N3O. The number of hydrogen-bond acceptors (Lipinski definition) is 3. The second kappa shape index (κ2) is 2.71. The van der Waals surface area contributed by atoms with Crippen molar-refractivity contribution in [1.29, 1.82) is 5.41 Å². The van der Waals surface area contributed by atoms with Crippen molar-refractivity contribution in [1.82, 2.24) is 9.71 Å². The van der Waals surface area contributed by atoms with E-state index in [0.717, 1.165) is 0 Å². The number of aromatic nitrogens is 2. The second-order valence-corrected chi connectivity index (χ2v) is 3.11. The molecule has 6 heteroatoms. The number of nitrogens with zero attached hydrogens (tertiary/aromatic N) is 2. The van der Waals surface area contributed by atoms with Gasteiger partial charge in [0.1, 0.15) is 4.60 Å². The minimum absolute atomic E-state index is 0.0804. The summed E-state index contributed by atoms with van der Waals surface area (Å²) in [7, 11) is 0. The Labute approximate surface area is 73.2 Å². The van der Waals surface area contributed by atoms with Gasteiger partial charge in [0, 0.05) is 0 Å². The summed E-state index contributed by atoms with van der Waals surface area (Å²) >= 11 is 6.03. The smallest absolute Gasteiger partial charge is 0.193 e. The normalized spacial score (nSPS) is 9.80. The first-order valence-electron chi connectivity index (χ1n) is 2.30. The summed E-state index contributed by atoms with van der Waals surface area (Å²) in [5.74, 6) is 0. The van der Waals surface area contributed by atoms with Crippen molar-refractivity contribution in [2.45, 2.75) is 0 Å². The Morgan fingerprint density at radius 2 is 2.20 bits per heavy atom. The largest absolute Gasteiger partial charge is 0.427 e. The maximum Gasteiger partial charge on any atom is 0.193 e. The number of halogens is 2. The van der Waals surface area contributed by atoms with Crippen molar-refractivity contribution in [3.63, 3.8) is 0 Å². The highest BCUT2D eigenvalue weighted by Crippen LogP contribution is 2.05. The van der Waals surface area contributed by atoms with Gasteiger partial charge in [0.25, 0.3) is 0 Å². The predicted molar refractivity (Wildman–Crippen MR) is 40.7 cm³/mol. The van der Waals surface area contributed by atoms with Crippen molar-refractivity contribution in [2.75, 3.05) is 0 Å². The fourth-order valence-electron chi connectivity index (χ4n) is 0.436. The highest BCUT2D eigenvalue weighted by Gasteiger charge is 1.98. The van der Waals surface area contributed by atoms with E-state index in [0.29, 0.717) is 13.9 Å². The molecule has 1 heterocycles. The molecule has 4 nitrogen and oxygen atoms in total. The summed E-state index contributed by atoms with van der Waals surface area (Å²) < 4.78 is 1.43. The lowest BCUT2D eigenvalue weighted by Crippen LogP contribution is -2.19. The van der Waals surface area contributed by atoms with Gasteiger partial charge in [0.2, 0.25) is 0 Å². The number of rotatable bonds is 0. The van der Waals surface area contributed by atoms with E-state index in [4.69, 9.17) is 10.6 Å². The molecule has 0 radical (unpaired) electrons. The van der Waals surface area contributed by atoms with Crippen molar-refractivity contribution in [3.05, 3.63) is 20.9 Å². The SMILES string of the molecule is N=c1c(Br)nc(Br)cn1O. The van der Waals surface area contributed by atoms with Gasteiger partial charge < -0.3 is 5.21 Å². The molecule has 1 aromatic rings. The molecular weight excluding hydrogens is 266 g/mol. The Bertz CT molecular complexity index is 282. The van der Waals surface area contributed by atoms with Crippen LogP contribution in [0.3, 0.4) is 0 Å². The quantitative estimate of drug-likeness (QED) is 0.693. The Balaban J connectivity index is 3.46. The Kier molecular flexibility index (Phi) is 2.10. The molecule has 0 saturated carbocycles. The summed E-state index contributed by atoms with van der Waals surface area (Å²) in [5, 5.41) is 16.0. The summed E-state index contributed by atoms with van der Waals surface area (Å²) in [6.45, 7) is 0. The summed E-state index contributed by atoms with van der Waals surface area (Å²) in [5.41, 5.74) is -0.0804. The van der Waals surface area contributed by atoms with Gasteiger partial charge in [-0.15, -0.1) is 0 Å². The van der Waals surface area contributed by atoms with Crippen molar-refractivity contribution in [3.8, 4) is 0 Å². The summed E-state index contributed by atoms with van der Waals surface area (Å²) in [4.78, 5) is 3.80.